The first-order valence-electron chi connectivity index (χ1n) is 3.05. The third-order valence-corrected chi connectivity index (χ3v) is 3.71. The minimum absolute atomic E-state index is 0.792. The molecule has 0 aromatic rings. The smallest absolute Gasteiger partial charge is 0.270 e. The quantitative estimate of drug-likeness (QED) is 0.487. The van der Waals surface area contributed by atoms with Gasteiger partial charge < -0.3 is 0 Å². The summed E-state index contributed by atoms with van der Waals surface area (Å²) in [7, 11) is -3.45. The van der Waals surface area contributed by atoms with Gasteiger partial charge in [-0.2, -0.15) is 4.99 Å². The van der Waals surface area contributed by atoms with Crippen molar-refractivity contribution >= 4 is 33.1 Å². The molecule has 0 spiro atoms. The summed E-state index contributed by atoms with van der Waals surface area (Å²) in [5, 5.41) is 1.84. The second kappa shape index (κ2) is 3.43. The van der Waals surface area contributed by atoms with Gasteiger partial charge in [0, 0.05) is 6.26 Å². The molecule has 4 nitrogen and oxygen atoms in total. The predicted octanol–water partition coefficient (Wildman–Crippen LogP) is 0.439. The fourth-order valence-corrected chi connectivity index (χ4v) is 0.780. The highest BCUT2D eigenvalue weighted by Gasteiger charge is 2.38. The first kappa shape index (κ1) is 11.4. The number of aliphatic imine (C=N–C) groups is 1. The van der Waals surface area contributed by atoms with E-state index in [1.165, 1.54) is 13.8 Å². The first-order chi connectivity index (χ1) is 5.23. The van der Waals surface area contributed by atoms with E-state index in [9.17, 15) is 13.2 Å². The van der Waals surface area contributed by atoms with Crippen LogP contribution in [0.2, 0.25) is 0 Å². The number of carbonyl (C=O) groups is 1. The van der Waals surface area contributed by atoms with Crippen molar-refractivity contribution in [2.45, 2.75) is 18.6 Å². The molecule has 0 aliphatic rings. The Morgan fingerprint density at radius 1 is 1.50 bits per heavy atom. The SMILES string of the molecule is CC(C)(C(=O)N=C=S)S(C)(=O)=O. The Bertz CT molecular complexity index is 336. The summed E-state index contributed by atoms with van der Waals surface area (Å²) in [5.41, 5.74) is 0. The summed E-state index contributed by atoms with van der Waals surface area (Å²) in [6.45, 7) is 2.56. The van der Waals surface area contributed by atoms with Crippen molar-refractivity contribution in [3.05, 3.63) is 0 Å². The monoisotopic (exact) mass is 207 g/mol. The molecule has 0 bridgehead atoms. The van der Waals surface area contributed by atoms with Gasteiger partial charge in [0.25, 0.3) is 5.91 Å². The highest BCUT2D eigenvalue weighted by atomic mass is 32.2. The van der Waals surface area contributed by atoms with Crippen molar-refractivity contribution in [3.63, 3.8) is 0 Å². The molecular weight excluding hydrogens is 198 g/mol. The molecule has 12 heavy (non-hydrogen) atoms. The number of amides is 1. The molecule has 0 N–H and O–H groups in total. The minimum atomic E-state index is -3.45. The Labute approximate surface area is 76.6 Å². The summed E-state index contributed by atoms with van der Waals surface area (Å²) in [5.74, 6) is -0.792. The first-order valence-corrected chi connectivity index (χ1v) is 5.35. The lowest BCUT2D eigenvalue weighted by molar-refractivity contribution is -0.119. The standard InChI is InChI=1S/C6H9NO3S2/c1-6(2,12(3,9)10)5(8)7-4-11/h1-3H3. The van der Waals surface area contributed by atoms with Gasteiger partial charge in [0.05, 0.1) is 5.16 Å². The van der Waals surface area contributed by atoms with Crippen LogP contribution in [0.1, 0.15) is 13.8 Å². The average molecular weight is 207 g/mol. The number of isothiocyanates is 1. The van der Waals surface area contributed by atoms with E-state index in [1.54, 1.807) is 0 Å². The van der Waals surface area contributed by atoms with E-state index in [-0.39, 0.29) is 0 Å². The number of nitrogens with zero attached hydrogens (tertiary/aromatic N) is 1. The summed E-state index contributed by atoms with van der Waals surface area (Å²) in [6, 6.07) is 0. The molecule has 1 amide bonds. The maximum Gasteiger partial charge on any atom is 0.275 e. The number of rotatable bonds is 2. The zero-order valence-corrected chi connectivity index (χ0v) is 8.62. The van der Waals surface area contributed by atoms with Crippen LogP contribution in [0.4, 0.5) is 0 Å². The van der Waals surface area contributed by atoms with E-state index >= 15 is 0 Å². The molecule has 68 valence electrons. The number of thiocarbonyl (C=S) groups is 1. The topological polar surface area (TPSA) is 63.6 Å². The zero-order chi connectivity index (χ0) is 9.99. The Morgan fingerprint density at radius 3 is 2.17 bits per heavy atom. The van der Waals surface area contributed by atoms with Gasteiger partial charge in [-0.1, -0.05) is 0 Å². The lowest BCUT2D eigenvalue weighted by Gasteiger charge is -2.16. The van der Waals surface area contributed by atoms with Crippen molar-refractivity contribution in [1.82, 2.24) is 0 Å². The number of carbonyl (C=O) groups excluding carboxylic acids is 1. The Balaban J connectivity index is 5.14. The van der Waals surface area contributed by atoms with Crippen LogP contribution in [0, 0.1) is 0 Å². The lowest BCUT2D eigenvalue weighted by Crippen LogP contribution is -2.38. The third-order valence-electron chi connectivity index (χ3n) is 1.59. The maximum atomic E-state index is 11.0. The van der Waals surface area contributed by atoms with Crippen molar-refractivity contribution in [1.29, 1.82) is 0 Å². The normalized spacial score (nSPS) is 11.9. The Morgan fingerprint density at radius 2 is 1.92 bits per heavy atom. The van der Waals surface area contributed by atoms with Gasteiger partial charge in [0.15, 0.2) is 9.84 Å². The highest BCUT2D eigenvalue weighted by Crippen LogP contribution is 2.16. The van der Waals surface area contributed by atoms with Crippen molar-refractivity contribution in [2.24, 2.45) is 4.99 Å². The van der Waals surface area contributed by atoms with E-state index in [2.05, 4.69) is 17.2 Å². The van der Waals surface area contributed by atoms with Crippen LogP contribution in [-0.4, -0.2) is 30.5 Å². The predicted molar refractivity (Wildman–Crippen MR) is 49.0 cm³/mol. The molecule has 0 radical (unpaired) electrons. The van der Waals surface area contributed by atoms with Crippen LogP contribution in [0.25, 0.3) is 0 Å². The number of hydrogen-bond donors (Lipinski definition) is 0. The van der Waals surface area contributed by atoms with Crippen molar-refractivity contribution in [2.75, 3.05) is 6.26 Å². The van der Waals surface area contributed by atoms with Crippen LogP contribution < -0.4 is 0 Å². The summed E-state index contributed by atoms with van der Waals surface area (Å²) >= 11 is 4.19. The molecule has 0 heterocycles. The molecule has 0 saturated heterocycles. The molecule has 0 saturated carbocycles. The van der Waals surface area contributed by atoms with Crippen LogP contribution in [0.5, 0.6) is 0 Å². The van der Waals surface area contributed by atoms with Crippen LogP contribution >= 0.6 is 12.2 Å². The van der Waals surface area contributed by atoms with Gasteiger partial charge in [-0.15, -0.1) is 0 Å². The summed E-state index contributed by atoms with van der Waals surface area (Å²) < 4.78 is 20.5. The van der Waals surface area contributed by atoms with Crippen molar-refractivity contribution in [3.8, 4) is 0 Å². The molecule has 6 heteroatoms. The lowest BCUT2D eigenvalue weighted by atomic mass is 10.2. The van der Waals surface area contributed by atoms with Gasteiger partial charge in [-0.05, 0) is 26.1 Å². The largest absolute Gasteiger partial charge is 0.275 e. The average Bonchev–Trinajstić information content (AvgIpc) is 1.85. The van der Waals surface area contributed by atoms with Crippen LogP contribution in [0.3, 0.4) is 0 Å². The zero-order valence-electron chi connectivity index (χ0n) is 6.99. The Kier molecular flexibility index (Phi) is 3.26. The molecule has 0 aliphatic carbocycles. The molecule has 0 aromatic heterocycles. The summed E-state index contributed by atoms with van der Waals surface area (Å²) in [6.07, 6.45) is 0.976. The third kappa shape index (κ3) is 2.20. The van der Waals surface area contributed by atoms with Crippen LogP contribution in [-0.2, 0) is 14.6 Å². The second-order valence-electron chi connectivity index (χ2n) is 2.79. The molecule has 0 fully saturated rings. The second-order valence-corrected chi connectivity index (χ2v) is 5.54. The fraction of sp³-hybridized carbons (Fsp3) is 0.667. The molecular formula is C6H9NO3S2. The fourth-order valence-electron chi connectivity index (χ4n) is 0.335. The molecule has 0 rings (SSSR count). The van der Waals surface area contributed by atoms with Gasteiger partial charge in [0.2, 0.25) is 0 Å². The number of hydrogen-bond acceptors (Lipinski definition) is 4. The van der Waals surface area contributed by atoms with Crippen molar-refractivity contribution < 1.29 is 13.2 Å². The van der Waals surface area contributed by atoms with Gasteiger partial charge in [-0.25, -0.2) is 8.42 Å². The van der Waals surface area contributed by atoms with E-state index in [1.807, 2.05) is 5.16 Å². The van der Waals surface area contributed by atoms with Gasteiger partial charge in [0.1, 0.15) is 4.75 Å². The van der Waals surface area contributed by atoms with Gasteiger partial charge >= 0.3 is 0 Å². The van der Waals surface area contributed by atoms with E-state index in [0.717, 1.165) is 6.26 Å². The minimum Gasteiger partial charge on any atom is -0.270 e. The van der Waals surface area contributed by atoms with E-state index < -0.39 is 20.5 Å². The van der Waals surface area contributed by atoms with E-state index in [0.29, 0.717) is 0 Å². The Hall–Kier alpha value is -0.580. The van der Waals surface area contributed by atoms with Gasteiger partial charge in [-0.3, -0.25) is 4.79 Å². The molecule has 0 aliphatic heterocycles. The molecule has 0 unspecified atom stereocenters. The van der Waals surface area contributed by atoms with E-state index in [4.69, 9.17) is 0 Å². The van der Waals surface area contributed by atoms with Crippen LogP contribution in [0.15, 0.2) is 4.99 Å². The highest BCUT2D eigenvalue weighted by molar-refractivity contribution is 7.92. The summed E-state index contributed by atoms with van der Waals surface area (Å²) in [4.78, 5) is 14.1. The number of sulfone groups is 1. The molecule has 0 atom stereocenters. The maximum absolute atomic E-state index is 11.0. The molecule has 0 aromatic carbocycles.